The van der Waals surface area contributed by atoms with Crippen molar-refractivity contribution in [1.29, 1.82) is 0 Å². The number of piperidine rings is 1. The number of hydrogen-bond acceptors (Lipinski definition) is 3. The molecule has 0 bridgehead atoms. The molecule has 0 radical (unpaired) electrons. The minimum absolute atomic E-state index is 0.0657. The average molecular weight is 254 g/mol. The molecule has 2 aliphatic heterocycles. The van der Waals surface area contributed by atoms with Crippen LogP contribution in [0.4, 0.5) is 0 Å². The van der Waals surface area contributed by atoms with Crippen molar-refractivity contribution in [2.24, 2.45) is 0 Å². The minimum atomic E-state index is -0.217. The van der Waals surface area contributed by atoms with Crippen LogP contribution in [0, 0.1) is 0 Å². The van der Waals surface area contributed by atoms with Crippen molar-refractivity contribution >= 4 is 5.91 Å². The van der Waals surface area contributed by atoms with Crippen LogP contribution >= 0.6 is 0 Å². The van der Waals surface area contributed by atoms with Crippen LogP contribution in [-0.2, 0) is 9.53 Å². The highest BCUT2D eigenvalue weighted by Crippen LogP contribution is 2.28. The van der Waals surface area contributed by atoms with Gasteiger partial charge >= 0.3 is 0 Å². The Balaban J connectivity index is 1.94. The Morgan fingerprint density at radius 1 is 1.22 bits per heavy atom. The van der Waals surface area contributed by atoms with Crippen molar-refractivity contribution in [2.75, 3.05) is 6.61 Å². The molecule has 2 fully saturated rings. The molecule has 4 nitrogen and oxygen atoms in total. The summed E-state index contributed by atoms with van der Waals surface area (Å²) < 4.78 is 5.43. The minimum Gasteiger partial charge on any atom is -0.368 e. The SMILES string of the molecule is CC1(C)CC(NC(=O)C2CCCO2)CC(C)(C)N1. The van der Waals surface area contributed by atoms with Gasteiger partial charge in [-0.1, -0.05) is 0 Å². The molecule has 1 atom stereocenters. The van der Waals surface area contributed by atoms with Crippen molar-refractivity contribution in [1.82, 2.24) is 10.6 Å². The summed E-state index contributed by atoms with van der Waals surface area (Å²) in [6.45, 7) is 9.50. The van der Waals surface area contributed by atoms with Crippen LogP contribution < -0.4 is 10.6 Å². The van der Waals surface area contributed by atoms with Crippen molar-refractivity contribution in [3.63, 3.8) is 0 Å². The lowest BCUT2D eigenvalue weighted by Crippen LogP contribution is -2.62. The first kappa shape index (κ1) is 13.8. The van der Waals surface area contributed by atoms with Gasteiger partial charge in [0.25, 0.3) is 0 Å². The Morgan fingerprint density at radius 2 is 1.83 bits per heavy atom. The van der Waals surface area contributed by atoms with Crippen LogP contribution in [0.15, 0.2) is 0 Å². The Hall–Kier alpha value is -0.610. The smallest absolute Gasteiger partial charge is 0.249 e. The highest BCUT2D eigenvalue weighted by atomic mass is 16.5. The first-order chi connectivity index (χ1) is 8.27. The number of carbonyl (C=O) groups excluding carboxylic acids is 1. The highest BCUT2D eigenvalue weighted by molar-refractivity contribution is 5.81. The van der Waals surface area contributed by atoms with Crippen LogP contribution in [-0.4, -0.2) is 35.7 Å². The molecule has 4 heteroatoms. The van der Waals surface area contributed by atoms with Gasteiger partial charge in [-0.15, -0.1) is 0 Å². The zero-order valence-corrected chi connectivity index (χ0v) is 12.0. The molecular weight excluding hydrogens is 228 g/mol. The van der Waals surface area contributed by atoms with Gasteiger partial charge in [-0.3, -0.25) is 4.79 Å². The zero-order chi connectivity index (χ0) is 13.4. The van der Waals surface area contributed by atoms with Crippen LogP contribution in [0.3, 0.4) is 0 Å². The van der Waals surface area contributed by atoms with Crippen molar-refractivity contribution in [3.05, 3.63) is 0 Å². The van der Waals surface area contributed by atoms with Gasteiger partial charge < -0.3 is 15.4 Å². The fourth-order valence-electron chi connectivity index (χ4n) is 3.50. The molecule has 0 saturated carbocycles. The molecule has 0 aromatic heterocycles. The number of nitrogens with one attached hydrogen (secondary N) is 2. The molecule has 0 spiro atoms. The van der Waals surface area contributed by atoms with E-state index in [2.05, 4.69) is 38.3 Å². The largest absolute Gasteiger partial charge is 0.368 e. The summed E-state index contributed by atoms with van der Waals surface area (Å²) in [4.78, 5) is 12.1. The highest BCUT2D eigenvalue weighted by Gasteiger charge is 2.39. The van der Waals surface area contributed by atoms with Crippen LogP contribution in [0.25, 0.3) is 0 Å². The van der Waals surface area contributed by atoms with Gasteiger partial charge in [-0.25, -0.2) is 0 Å². The topological polar surface area (TPSA) is 50.4 Å². The maximum atomic E-state index is 12.1. The molecule has 2 N–H and O–H groups in total. The van der Waals surface area contributed by atoms with Crippen LogP contribution in [0.2, 0.25) is 0 Å². The van der Waals surface area contributed by atoms with E-state index in [1.807, 2.05) is 0 Å². The molecule has 18 heavy (non-hydrogen) atoms. The number of carbonyl (C=O) groups is 1. The average Bonchev–Trinajstić information content (AvgIpc) is 2.63. The Bertz CT molecular complexity index is 304. The first-order valence-electron chi connectivity index (χ1n) is 6.99. The van der Waals surface area contributed by atoms with Gasteiger partial charge in [-0.05, 0) is 53.4 Å². The van der Waals surface area contributed by atoms with Crippen molar-refractivity contribution in [3.8, 4) is 0 Å². The summed E-state index contributed by atoms with van der Waals surface area (Å²) in [5.41, 5.74) is 0.131. The Morgan fingerprint density at radius 3 is 2.33 bits per heavy atom. The van der Waals surface area contributed by atoms with E-state index in [1.54, 1.807) is 0 Å². The third kappa shape index (κ3) is 3.45. The maximum Gasteiger partial charge on any atom is 0.249 e. The molecule has 1 unspecified atom stereocenters. The van der Waals surface area contributed by atoms with Gasteiger partial charge in [0.15, 0.2) is 0 Å². The number of rotatable bonds is 2. The maximum absolute atomic E-state index is 12.1. The van der Waals surface area contributed by atoms with Gasteiger partial charge in [0.2, 0.25) is 5.91 Å². The van der Waals surface area contributed by atoms with E-state index in [0.717, 1.165) is 32.3 Å². The van der Waals surface area contributed by atoms with Gasteiger partial charge in [-0.2, -0.15) is 0 Å². The van der Waals surface area contributed by atoms with Crippen molar-refractivity contribution in [2.45, 2.75) is 76.6 Å². The van der Waals surface area contributed by atoms with E-state index in [0.29, 0.717) is 0 Å². The fraction of sp³-hybridized carbons (Fsp3) is 0.929. The normalized spacial score (nSPS) is 31.2. The summed E-state index contributed by atoms with van der Waals surface area (Å²) in [5.74, 6) is 0.0750. The second-order valence-electron chi connectivity index (χ2n) is 7.01. The molecule has 2 heterocycles. The fourth-order valence-corrected chi connectivity index (χ4v) is 3.50. The van der Waals surface area contributed by atoms with Crippen LogP contribution in [0.1, 0.15) is 53.4 Å². The summed E-state index contributed by atoms with van der Waals surface area (Å²) in [7, 11) is 0. The van der Waals surface area contributed by atoms with E-state index in [1.165, 1.54) is 0 Å². The first-order valence-corrected chi connectivity index (χ1v) is 6.99. The van der Waals surface area contributed by atoms with E-state index < -0.39 is 0 Å². The predicted molar refractivity (Wildman–Crippen MR) is 71.4 cm³/mol. The lowest BCUT2D eigenvalue weighted by Gasteiger charge is -2.46. The van der Waals surface area contributed by atoms with Crippen LogP contribution in [0.5, 0.6) is 0 Å². The number of ether oxygens (including phenoxy) is 1. The summed E-state index contributed by atoms with van der Waals surface area (Å²) in [6, 6.07) is 0.243. The predicted octanol–water partition coefficient (Wildman–Crippen LogP) is 1.59. The second kappa shape index (κ2) is 4.82. The standard InChI is InChI=1S/C14H26N2O2/c1-13(2)8-10(9-14(3,4)16-13)15-12(17)11-6-5-7-18-11/h10-11,16H,5-9H2,1-4H3,(H,15,17). The monoisotopic (exact) mass is 254 g/mol. The van der Waals surface area contributed by atoms with Gasteiger partial charge in [0, 0.05) is 23.7 Å². The lowest BCUT2D eigenvalue weighted by molar-refractivity contribution is -0.131. The van der Waals surface area contributed by atoms with E-state index in [9.17, 15) is 4.79 Å². The van der Waals surface area contributed by atoms with Crippen molar-refractivity contribution < 1.29 is 9.53 Å². The number of hydrogen-bond donors (Lipinski definition) is 2. The second-order valence-corrected chi connectivity index (χ2v) is 7.01. The van der Waals surface area contributed by atoms with Gasteiger partial charge in [0.1, 0.15) is 6.10 Å². The third-order valence-corrected chi connectivity index (χ3v) is 3.76. The van der Waals surface area contributed by atoms with E-state index in [-0.39, 0.29) is 29.1 Å². The third-order valence-electron chi connectivity index (χ3n) is 3.76. The molecule has 0 aromatic rings. The lowest BCUT2D eigenvalue weighted by atomic mass is 9.79. The molecular formula is C14H26N2O2. The quantitative estimate of drug-likeness (QED) is 0.787. The summed E-state index contributed by atoms with van der Waals surface area (Å²) in [5, 5.41) is 6.79. The molecule has 2 rings (SSSR count). The summed E-state index contributed by atoms with van der Waals surface area (Å²) in [6.07, 6.45) is 3.58. The molecule has 2 aliphatic rings. The molecule has 104 valence electrons. The van der Waals surface area contributed by atoms with E-state index >= 15 is 0 Å². The Kier molecular flexibility index (Phi) is 3.70. The number of amides is 1. The molecule has 1 amide bonds. The summed E-state index contributed by atoms with van der Waals surface area (Å²) >= 11 is 0. The molecule has 0 aromatic carbocycles. The molecule has 0 aliphatic carbocycles. The van der Waals surface area contributed by atoms with E-state index in [4.69, 9.17) is 4.74 Å². The van der Waals surface area contributed by atoms with Gasteiger partial charge in [0.05, 0.1) is 0 Å². The molecule has 2 saturated heterocycles. The zero-order valence-electron chi connectivity index (χ0n) is 12.0. The Labute approximate surface area is 110 Å².